The second kappa shape index (κ2) is 9.69. The summed E-state index contributed by atoms with van der Waals surface area (Å²) in [6, 6.07) is 12.5. The highest BCUT2D eigenvalue weighted by molar-refractivity contribution is 7.98. The van der Waals surface area contributed by atoms with Gasteiger partial charge in [0.1, 0.15) is 5.58 Å². The van der Waals surface area contributed by atoms with Gasteiger partial charge < -0.3 is 14.2 Å². The van der Waals surface area contributed by atoms with E-state index in [9.17, 15) is 9.59 Å². The number of benzene rings is 2. The van der Waals surface area contributed by atoms with E-state index in [4.69, 9.17) is 16.0 Å². The van der Waals surface area contributed by atoms with Crippen LogP contribution in [0.25, 0.3) is 11.0 Å². The van der Waals surface area contributed by atoms with Crippen molar-refractivity contribution >= 4 is 40.2 Å². The highest BCUT2D eigenvalue weighted by Crippen LogP contribution is 2.38. The van der Waals surface area contributed by atoms with Gasteiger partial charge in [0.15, 0.2) is 5.43 Å². The zero-order valence-electron chi connectivity index (χ0n) is 18.6. The van der Waals surface area contributed by atoms with Gasteiger partial charge in [0.25, 0.3) is 5.91 Å². The molecule has 1 amide bonds. The molecule has 1 aromatic heterocycles. The number of rotatable bonds is 8. The number of carbonyl (C=O) groups excluding carboxylic acids is 1. The fourth-order valence-electron chi connectivity index (χ4n) is 4.36. The van der Waals surface area contributed by atoms with E-state index in [0.29, 0.717) is 28.1 Å². The summed E-state index contributed by atoms with van der Waals surface area (Å²) in [5.41, 5.74) is 1.51. The van der Waals surface area contributed by atoms with Gasteiger partial charge in [-0.2, -0.15) is 0 Å². The number of thioether (sulfide) groups is 1. The molecule has 168 valence electrons. The third-order valence-corrected chi connectivity index (χ3v) is 7.11. The van der Waals surface area contributed by atoms with E-state index >= 15 is 0 Å². The molecule has 0 N–H and O–H groups in total. The van der Waals surface area contributed by atoms with E-state index in [1.54, 1.807) is 34.9 Å². The summed E-state index contributed by atoms with van der Waals surface area (Å²) >= 11 is 7.80. The van der Waals surface area contributed by atoms with Crippen LogP contribution >= 0.6 is 23.4 Å². The summed E-state index contributed by atoms with van der Waals surface area (Å²) in [6.07, 6.45) is 2.84. The largest absolute Gasteiger partial charge is 0.450 e. The lowest BCUT2D eigenvalue weighted by atomic mass is 9.98. The van der Waals surface area contributed by atoms with Crippen LogP contribution in [0.4, 0.5) is 0 Å². The topological polar surface area (TPSA) is 53.8 Å². The predicted octanol–water partition coefficient (Wildman–Crippen LogP) is 5.45. The molecule has 7 heteroatoms. The van der Waals surface area contributed by atoms with Gasteiger partial charge in [0.2, 0.25) is 5.76 Å². The summed E-state index contributed by atoms with van der Waals surface area (Å²) in [5, 5.41) is 0.866. The number of nitrogens with zero attached hydrogens (tertiary/aromatic N) is 2. The summed E-state index contributed by atoms with van der Waals surface area (Å²) in [4.78, 5) is 32.2. The second-order valence-corrected chi connectivity index (χ2v) is 9.19. The standard InChI is InChI=1S/C25H27ClN2O3S/c1-4-27(5-2)13-6-14-28-22(16-7-10-18(32-3)11-8-16)21-23(29)19-15-17(26)9-12-20(19)31-24(21)25(28)30/h7-12,15,22H,4-6,13-14H2,1-3H3/t22-/m0/s1. The van der Waals surface area contributed by atoms with Crippen molar-refractivity contribution in [3.8, 4) is 0 Å². The van der Waals surface area contributed by atoms with E-state index in [2.05, 4.69) is 18.7 Å². The number of hydrogen-bond acceptors (Lipinski definition) is 5. The average molecular weight is 471 g/mol. The van der Waals surface area contributed by atoms with Gasteiger partial charge in [-0.3, -0.25) is 9.59 Å². The van der Waals surface area contributed by atoms with E-state index in [-0.39, 0.29) is 17.1 Å². The summed E-state index contributed by atoms with van der Waals surface area (Å²) in [5.74, 6) is -0.0842. The Balaban J connectivity index is 1.79. The molecule has 2 heterocycles. The normalized spacial score (nSPS) is 15.7. The molecule has 0 unspecified atom stereocenters. The Hall–Kier alpha value is -2.28. The Morgan fingerprint density at radius 2 is 1.81 bits per heavy atom. The van der Waals surface area contributed by atoms with Crippen molar-refractivity contribution in [1.29, 1.82) is 0 Å². The first kappa shape index (κ1) is 22.9. The Kier molecular flexibility index (Phi) is 6.93. The van der Waals surface area contributed by atoms with Crippen LogP contribution in [-0.2, 0) is 0 Å². The highest BCUT2D eigenvalue weighted by Gasteiger charge is 2.42. The van der Waals surface area contributed by atoms with Crippen molar-refractivity contribution in [3.05, 3.63) is 74.6 Å². The zero-order valence-corrected chi connectivity index (χ0v) is 20.1. The first-order valence-corrected chi connectivity index (χ1v) is 12.5. The average Bonchev–Trinajstić information content (AvgIpc) is 3.09. The van der Waals surface area contributed by atoms with E-state index in [0.717, 1.165) is 36.5 Å². The number of hydrogen-bond donors (Lipinski definition) is 0. The molecule has 0 saturated carbocycles. The SMILES string of the molecule is CCN(CC)CCCN1C(=O)c2oc3ccc(Cl)cc3c(=O)c2[C@@H]1c1ccc(SC)cc1. The number of carbonyl (C=O) groups is 1. The zero-order chi connectivity index (χ0) is 22.8. The first-order valence-electron chi connectivity index (χ1n) is 10.9. The maximum absolute atomic E-state index is 13.5. The van der Waals surface area contributed by atoms with Gasteiger partial charge in [0.05, 0.1) is 17.0 Å². The Morgan fingerprint density at radius 1 is 1.09 bits per heavy atom. The summed E-state index contributed by atoms with van der Waals surface area (Å²) < 4.78 is 5.98. The van der Waals surface area contributed by atoms with Gasteiger partial charge in [0, 0.05) is 16.5 Å². The van der Waals surface area contributed by atoms with Crippen molar-refractivity contribution in [2.45, 2.75) is 31.2 Å². The minimum Gasteiger partial charge on any atom is -0.450 e. The molecule has 0 bridgehead atoms. The van der Waals surface area contributed by atoms with Crippen LogP contribution in [0.1, 0.15) is 48.0 Å². The molecule has 0 spiro atoms. The highest BCUT2D eigenvalue weighted by atomic mass is 35.5. The minimum atomic E-state index is -0.468. The van der Waals surface area contributed by atoms with Gasteiger partial charge >= 0.3 is 0 Å². The minimum absolute atomic E-state index is 0.145. The van der Waals surface area contributed by atoms with Crippen LogP contribution in [0.2, 0.25) is 5.02 Å². The van der Waals surface area contributed by atoms with E-state index in [1.807, 2.05) is 30.5 Å². The monoisotopic (exact) mass is 470 g/mol. The lowest BCUT2D eigenvalue weighted by Gasteiger charge is -2.26. The van der Waals surface area contributed by atoms with Gasteiger partial charge in [-0.05, 0) is 68.2 Å². The molecule has 5 nitrogen and oxygen atoms in total. The fraction of sp³-hybridized carbons (Fsp3) is 0.360. The van der Waals surface area contributed by atoms with E-state index in [1.165, 1.54) is 0 Å². The summed E-state index contributed by atoms with van der Waals surface area (Å²) in [7, 11) is 0. The lowest BCUT2D eigenvalue weighted by molar-refractivity contribution is 0.0720. The van der Waals surface area contributed by atoms with Gasteiger partial charge in [-0.1, -0.05) is 37.6 Å². The van der Waals surface area contributed by atoms with Crippen molar-refractivity contribution in [2.75, 3.05) is 32.4 Å². The third kappa shape index (κ3) is 4.19. The molecular weight excluding hydrogens is 444 g/mol. The summed E-state index contributed by atoms with van der Waals surface area (Å²) in [6.45, 7) is 7.65. The van der Waals surface area contributed by atoms with Crippen LogP contribution in [0.5, 0.6) is 0 Å². The number of halogens is 1. The van der Waals surface area contributed by atoms with Crippen LogP contribution in [-0.4, -0.2) is 48.1 Å². The van der Waals surface area contributed by atoms with Crippen molar-refractivity contribution in [1.82, 2.24) is 9.80 Å². The molecule has 2 aromatic carbocycles. The van der Waals surface area contributed by atoms with Crippen LogP contribution in [0.3, 0.4) is 0 Å². The maximum Gasteiger partial charge on any atom is 0.290 e. The van der Waals surface area contributed by atoms with Crippen molar-refractivity contribution in [2.24, 2.45) is 0 Å². The van der Waals surface area contributed by atoms with Crippen LogP contribution < -0.4 is 5.43 Å². The molecular formula is C25H27ClN2O3S. The predicted molar refractivity (Wildman–Crippen MR) is 131 cm³/mol. The first-order chi connectivity index (χ1) is 15.5. The Labute approximate surface area is 197 Å². The molecule has 3 aromatic rings. The second-order valence-electron chi connectivity index (χ2n) is 7.87. The molecule has 0 saturated heterocycles. The molecule has 32 heavy (non-hydrogen) atoms. The molecule has 1 aliphatic rings. The Bertz CT molecular complexity index is 1190. The molecule has 0 fully saturated rings. The van der Waals surface area contributed by atoms with Crippen LogP contribution in [0, 0.1) is 0 Å². The fourth-order valence-corrected chi connectivity index (χ4v) is 4.94. The van der Waals surface area contributed by atoms with E-state index < -0.39 is 6.04 Å². The molecule has 0 radical (unpaired) electrons. The van der Waals surface area contributed by atoms with Gasteiger partial charge in [-0.15, -0.1) is 11.8 Å². The quantitative estimate of drug-likeness (QED) is 0.410. The molecule has 0 aliphatic carbocycles. The van der Waals surface area contributed by atoms with Crippen LogP contribution in [0.15, 0.2) is 56.6 Å². The smallest absolute Gasteiger partial charge is 0.290 e. The van der Waals surface area contributed by atoms with Crippen molar-refractivity contribution < 1.29 is 9.21 Å². The number of amides is 1. The maximum atomic E-state index is 13.5. The molecule has 1 aliphatic heterocycles. The lowest BCUT2D eigenvalue weighted by Crippen LogP contribution is -2.33. The Morgan fingerprint density at radius 3 is 2.47 bits per heavy atom. The number of fused-ring (bicyclic) bond motifs is 2. The van der Waals surface area contributed by atoms with Crippen molar-refractivity contribution in [3.63, 3.8) is 0 Å². The third-order valence-electron chi connectivity index (χ3n) is 6.13. The van der Waals surface area contributed by atoms with Gasteiger partial charge in [-0.25, -0.2) is 0 Å². The molecule has 1 atom stereocenters. The molecule has 4 rings (SSSR count).